The highest BCUT2D eigenvalue weighted by Gasteiger charge is 2.47. The molecule has 6 heteroatoms. The average molecular weight is 344 g/mol. The minimum absolute atomic E-state index is 0.327. The summed E-state index contributed by atoms with van der Waals surface area (Å²) in [6.45, 7) is 0.724. The molecule has 3 nitrogen and oxygen atoms in total. The maximum Gasteiger partial charge on any atom is 0.323 e. The molecule has 0 aliphatic carbocycles. The van der Waals surface area contributed by atoms with Gasteiger partial charge < -0.3 is 5.32 Å². The molecule has 2 aromatic rings. The Morgan fingerprint density at radius 2 is 1.92 bits per heavy atom. The molecule has 1 atom stereocenters. The Labute approximate surface area is 143 Å². The van der Waals surface area contributed by atoms with Gasteiger partial charge in [0.15, 0.2) is 5.54 Å². The quantitative estimate of drug-likeness (QED) is 0.832. The second kappa shape index (κ2) is 6.52. The first kappa shape index (κ1) is 16.9. The van der Waals surface area contributed by atoms with Gasteiger partial charge in [-0.2, -0.15) is 0 Å². The lowest BCUT2D eigenvalue weighted by molar-refractivity contribution is 0.0758. The Morgan fingerprint density at radius 3 is 2.56 bits per heavy atom. The van der Waals surface area contributed by atoms with Crippen LogP contribution in [0.2, 0.25) is 0 Å². The van der Waals surface area contributed by atoms with Gasteiger partial charge in [0.05, 0.1) is 6.54 Å². The zero-order valence-corrected chi connectivity index (χ0v) is 13.4. The van der Waals surface area contributed by atoms with Crippen molar-refractivity contribution in [1.29, 1.82) is 0 Å². The molecule has 1 heterocycles. The number of nitrogens with one attached hydrogen (secondary N) is 1. The van der Waals surface area contributed by atoms with Gasteiger partial charge in [0.2, 0.25) is 0 Å². The lowest BCUT2D eigenvalue weighted by Gasteiger charge is -2.45. The summed E-state index contributed by atoms with van der Waals surface area (Å²) in [7, 11) is 0. The third-order valence-corrected chi connectivity index (χ3v) is 4.08. The molecule has 0 radical (unpaired) electrons. The van der Waals surface area contributed by atoms with E-state index in [9.17, 15) is 18.0 Å². The molecule has 1 unspecified atom stereocenters. The van der Waals surface area contributed by atoms with Gasteiger partial charge in [-0.25, -0.2) is 18.0 Å². The zero-order chi connectivity index (χ0) is 18.0. The van der Waals surface area contributed by atoms with Gasteiger partial charge in [-0.1, -0.05) is 36.3 Å². The Morgan fingerprint density at radius 1 is 1.20 bits per heavy atom. The van der Waals surface area contributed by atoms with Crippen LogP contribution < -0.4 is 5.32 Å². The average Bonchev–Trinajstić information content (AvgIpc) is 2.59. The number of anilines is 1. The van der Waals surface area contributed by atoms with E-state index in [2.05, 4.69) is 17.2 Å². The van der Waals surface area contributed by atoms with Gasteiger partial charge in [0, 0.05) is 11.3 Å². The monoisotopic (exact) mass is 344 g/mol. The summed E-state index contributed by atoms with van der Waals surface area (Å²) in [6, 6.07) is 11.7. The Bertz CT molecular complexity index is 858. The SMILES string of the molecule is CC#CC1(c2ccccc2)c2cc(F)ccc2NC(=O)N1CC(F)F. The molecule has 0 spiro atoms. The van der Waals surface area contributed by atoms with Crippen molar-refractivity contribution >= 4 is 11.7 Å². The van der Waals surface area contributed by atoms with Crippen molar-refractivity contribution < 1.29 is 18.0 Å². The molecule has 0 saturated carbocycles. The molecule has 0 fully saturated rings. The Balaban J connectivity index is 2.36. The molecule has 1 aliphatic rings. The predicted octanol–water partition coefficient (Wildman–Crippen LogP) is 4.21. The summed E-state index contributed by atoms with van der Waals surface area (Å²) < 4.78 is 40.4. The number of carbonyl (C=O) groups is 1. The third kappa shape index (κ3) is 2.82. The molecule has 1 N–H and O–H groups in total. The highest BCUT2D eigenvalue weighted by atomic mass is 19.3. The van der Waals surface area contributed by atoms with Crippen LogP contribution in [0.5, 0.6) is 0 Å². The summed E-state index contributed by atoms with van der Waals surface area (Å²) >= 11 is 0. The largest absolute Gasteiger partial charge is 0.323 e. The van der Waals surface area contributed by atoms with E-state index in [-0.39, 0.29) is 0 Å². The van der Waals surface area contributed by atoms with Crippen LogP contribution in [0.15, 0.2) is 48.5 Å². The summed E-state index contributed by atoms with van der Waals surface area (Å²) in [5, 5.41) is 2.54. The van der Waals surface area contributed by atoms with Crippen molar-refractivity contribution in [3.05, 3.63) is 65.5 Å². The van der Waals surface area contributed by atoms with E-state index in [4.69, 9.17) is 0 Å². The molecule has 2 aromatic carbocycles. The predicted molar refractivity (Wildman–Crippen MR) is 88.8 cm³/mol. The number of hydrogen-bond acceptors (Lipinski definition) is 1. The van der Waals surface area contributed by atoms with Gasteiger partial charge in [-0.3, -0.25) is 4.90 Å². The van der Waals surface area contributed by atoms with Crippen LogP contribution in [0.1, 0.15) is 18.1 Å². The van der Waals surface area contributed by atoms with Gasteiger partial charge in [-0.15, -0.1) is 5.92 Å². The number of fused-ring (bicyclic) bond motifs is 1. The number of carbonyl (C=O) groups excluding carboxylic acids is 1. The fourth-order valence-corrected chi connectivity index (χ4v) is 3.14. The van der Waals surface area contributed by atoms with Crippen molar-refractivity contribution in [3.63, 3.8) is 0 Å². The van der Waals surface area contributed by atoms with Crippen LogP contribution in [-0.2, 0) is 5.54 Å². The molecule has 2 amide bonds. The van der Waals surface area contributed by atoms with E-state index >= 15 is 0 Å². The van der Waals surface area contributed by atoms with Crippen LogP contribution in [-0.4, -0.2) is 23.9 Å². The smallest absolute Gasteiger partial charge is 0.307 e. The zero-order valence-electron chi connectivity index (χ0n) is 13.4. The van der Waals surface area contributed by atoms with Crippen molar-refractivity contribution in [2.45, 2.75) is 18.9 Å². The highest BCUT2D eigenvalue weighted by molar-refractivity contribution is 5.95. The number of amides is 2. The van der Waals surface area contributed by atoms with E-state index < -0.39 is 30.4 Å². The van der Waals surface area contributed by atoms with Crippen LogP contribution >= 0.6 is 0 Å². The number of benzene rings is 2. The van der Waals surface area contributed by atoms with Crippen molar-refractivity contribution in [1.82, 2.24) is 4.90 Å². The minimum atomic E-state index is -2.76. The number of nitrogens with zero attached hydrogens (tertiary/aromatic N) is 1. The van der Waals surface area contributed by atoms with E-state index in [1.165, 1.54) is 18.2 Å². The maximum atomic E-state index is 14.0. The van der Waals surface area contributed by atoms with Crippen molar-refractivity contribution in [3.8, 4) is 11.8 Å². The van der Waals surface area contributed by atoms with Gasteiger partial charge in [-0.05, 0) is 30.7 Å². The second-order valence-electron chi connectivity index (χ2n) is 5.57. The maximum absolute atomic E-state index is 14.0. The summed E-state index contributed by atoms with van der Waals surface area (Å²) in [6.07, 6.45) is -2.76. The molecular weight excluding hydrogens is 329 g/mol. The van der Waals surface area contributed by atoms with Gasteiger partial charge in [0.25, 0.3) is 6.43 Å². The number of alkyl halides is 2. The Kier molecular flexibility index (Phi) is 4.41. The first-order valence-corrected chi connectivity index (χ1v) is 7.65. The molecule has 128 valence electrons. The fourth-order valence-electron chi connectivity index (χ4n) is 3.14. The Hall–Kier alpha value is -2.94. The lowest BCUT2D eigenvalue weighted by Crippen LogP contribution is -2.56. The molecule has 0 aromatic heterocycles. The van der Waals surface area contributed by atoms with Crippen molar-refractivity contribution in [2.24, 2.45) is 0 Å². The fraction of sp³-hybridized carbons (Fsp3) is 0.211. The number of rotatable bonds is 3. The van der Waals surface area contributed by atoms with Gasteiger partial charge in [0.1, 0.15) is 5.82 Å². The minimum Gasteiger partial charge on any atom is -0.307 e. The van der Waals surface area contributed by atoms with Crippen LogP contribution in [0.3, 0.4) is 0 Å². The molecule has 0 bridgehead atoms. The standard InChI is InChI=1S/C19H15F3N2O/c1-2-10-19(13-6-4-3-5-7-13)15-11-14(20)8-9-16(15)23-18(25)24(19)12-17(21)22/h3-9,11,17H,12H2,1H3,(H,23,25). The van der Waals surface area contributed by atoms with Crippen molar-refractivity contribution in [2.75, 3.05) is 11.9 Å². The molecular formula is C19H15F3N2O. The lowest BCUT2D eigenvalue weighted by atomic mass is 9.79. The molecule has 3 rings (SSSR count). The van der Waals surface area contributed by atoms with E-state index in [1.807, 2.05) is 0 Å². The third-order valence-electron chi connectivity index (χ3n) is 4.08. The molecule has 0 saturated heterocycles. The normalized spacial score (nSPS) is 19.1. The summed E-state index contributed by atoms with van der Waals surface area (Å²) in [4.78, 5) is 13.5. The summed E-state index contributed by atoms with van der Waals surface area (Å²) in [5.41, 5.74) is -0.296. The first-order chi connectivity index (χ1) is 12.0. The van der Waals surface area contributed by atoms with E-state index in [0.29, 0.717) is 16.8 Å². The van der Waals surface area contributed by atoms with E-state index in [1.54, 1.807) is 37.3 Å². The number of halogens is 3. The number of urea groups is 1. The molecule has 1 aliphatic heterocycles. The molecule has 25 heavy (non-hydrogen) atoms. The van der Waals surface area contributed by atoms with Crippen LogP contribution in [0, 0.1) is 17.7 Å². The second-order valence-corrected chi connectivity index (χ2v) is 5.57. The van der Waals surface area contributed by atoms with Crippen LogP contribution in [0.4, 0.5) is 23.7 Å². The van der Waals surface area contributed by atoms with E-state index in [0.717, 1.165) is 4.90 Å². The topological polar surface area (TPSA) is 32.3 Å². The number of hydrogen-bond donors (Lipinski definition) is 1. The van der Waals surface area contributed by atoms with Crippen LogP contribution in [0.25, 0.3) is 0 Å². The highest BCUT2D eigenvalue weighted by Crippen LogP contribution is 2.43. The first-order valence-electron chi connectivity index (χ1n) is 7.65. The summed E-state index contributed by atoms with van der Waals surface area (Å²) in [5.74, 6) is 5.08. The van der Waals surface area contributed by atoms with Gasteiger partial charge >= 0.3 is 6.03 Å².